The van der Waals surface area contributed by atoms with Gasteiger partial charge in [0.1, 0.15) is 0 Å². The van der Waals surface area contributed by atoms with Crippen LogP contribution in [-0.2, 0) is 0 Å². The molecule has 0 unspecified atom stereocenters. The van der Waals surface area contributed by atoms with Gasteiger partial charge in [0.25, 0.3) is 0 Å². The summed E-state index contributed by atoms with van der Waals surface area (Å²) in [4.78, 5) is 0. The summed E-state index contributed by atoms with van der Waals surface area (Å²) in [6.45, 7) is 0. The van der Waals surface area contributed by atoms with E-state index in [9.17, 15) is 10.2 Å². The molecule has 1 rings (SSSR count). The van der Waals surface area contributed by atoms with Crippen molar-refractivity contribution < 1.29 is 69.3 Å². The second-order valence-electron chi connectivity index (χ2n) is 1.47. The molecule has 0 N–H and O–H groups in total. The summed E-state index contributed by atoms with van der Waals surface area (Å²) in [7, 11) is 0. The fraction of sp³-hybridized carbons (Fsp3) is 0. The third-order valence-electron chi connectivity index (χ3n) is 0.806. The van der Waals surface area contributed by atoms with Gasteiger partial charge in [0.2, 0.25) is 0 Å². The van der Waals surface area contributed by atoms with Crippen LogP contribution in [0.3, 0.4) is 0 Å². The van der Waals surface area contributed by atoms with Gasteiger partial charge in [-0.25, -0.2) is 0 Å². The van der Waals surface area contributed by atoms with Gasteiger partial charge < -0.3 is 10.2 Å². The Morgan fingerprint density at radius 1 is 0.900 bits per heavy atom. The van der Waals surface area contributed by atoms with Crippen molar-refractivity contribution in [1.29, 1.82) is 0 Å². The van der Waals surface area contributed by atoms with Crippen molar-refractivity contribution in [3.05, 3.63) is 24.3 Å². The second kappa shape index (κ2) is 6.53. The summed E-state index contributed by atoms with van der Waals surface area (Å²) in [6, 6.07) is 5.20. The average Bonchev–Trinajstić information content (AvgIpc) is 1.64. The molecule has 0 spiro atoms. The molecule has 0 saturated carbocycles. The van der Waals surface area contributed by atoms with Crippen molar-refractivity contribution in [3.8, 4) is 11.5 Å². The van der Waals surface area contributed by atoms with Crippen molar-refractivity contribution in [3.63, 3.8) is 0 Å². The topological polar surface area (TPSA) is 46.1 Å². The van der Waals surface area contributed by atoms with Crippen molar-refractivity contribution in [2.75, 3.05) is 0 Å². The molecule has 1 aromatic rings. The number of hydrogen-bond acceptors (Lipinski definition) is 2. The maximum atomic E-state index is 10.3. The molecule has 0 bridgehead atoms. The van der Waals surface area contributed by atoms with Gasteiger partial charge in [-0.05, 0) is 0 Å². The van der Waals surface area contributed by atoms with Crippen molar-refractivity contribution >= 4 is 0 Å². The van der Waals surface area contributed by atoms with Gasteiger partial charge in [-0.2, -0.15) is 0 Å². The third kappa shape index (κ3) is 4.61. The largest absolute Gasteiger partial charge is 1.00 e. The molecule has 0 radical (unpaired) electrons. The molecule has 1 aromatic carbocycles. The van der Waals surface area contributed by atoms with E-state index in [0.29, 0.717) is 0 Å². The van der Waals surface area contributed by atoms with Gasteiger partial charge in [-0.1, -0.05) is 24.3 Å². The van der Waals surface area contributed by atoms with Crippen LogP contribution < -0.4 is 69.3 Å². The molecule has 0 atom stereocenters. The summed E-state index contributed by atoms with van der Waals surface area (Å²) in [5, 5.41) is 20.6. The quantitative estimate of drug-likeness (QED) is 0.349. The minimum absolute atomic E-state index is 0. The summed E-state index contributed by atoms with van der Waals surface area (Å²) >= 11 is 0. The first-order chi connectivity index (χ1) is 3.79. The zero-order chi connectivity index (χ0) is 5.98. The first-order valence-electron chi connectivity index (χ1n) is 2.23. The maximum absolute atomic E-state index is 10.3. The smallest absolute Gasteiger partial charge is 0.872 e. The Labute approximate surface area is 104 Å². The summed E-state index contributed by atoms with van der Waals surface area (Å²) < 4.78 is 0. The Kier molecular flexibility index (Phi) is 8.75. The first-order valence-corrected chi connectivity index (χ1v) is 2.23. The van der Waals surface area contributed by atoms with Crippen LogP contribution in [0.1, 0.15) is 0 Å². The molecule has 0 amide bonds. The molecule has 0 aliphatic rings. The van der Waals surface area contributed by atoms with E-state index in [1.807, 2.05) is 0 Å². The number of rotatable bonds is 0. The fourth-order valence-electron chi connectivity index (χ4n) is 0.474. The van der Waals surface area contributed by atoms with Gasteiger partial charge in [0.15, 0.2) is 0 Å². The first kappa shape index (κ1) is 13.4. The van der Waals surface area contributed by atoms with E-state index < -0.39 is 0 Å². The van der Waals surface area contributed by atoms with Gasteiger partial charge in [-0.15, -0.1) is 11.5 Å². The average molecular weight is 154 g/mol. The molecule has 0 aromatic heterocycles. The number of hydrogen-bond donors (Lipinski definition) is 0. The molecule has 0 heterocycles. The van der Waals surface area contributed by atoms with E-state index in [2.05, 4.69) is 0 Å². The number of benzene rings is 1. The molecule has 0 saturated heterocycles. The van der Waals surface area contributed by atoms with Crippen LogP contribution in [0.2, 0.25) is 0 Å². The van der Waals surface area contributed by atoms with Crippen LogP contribution in [0.25, 0.3) is 0 Å². The zero-order valence-electron chi connectivity index (χ0n) is 6.13. The van der Waals surface area contributed by atoms with Gasteiger partial charge in [0.05, 0.1) is 0 Å². The Balaban J connectivity index is 0. The summed E-state index contributed by atoms with van der Waals surface area (Å²) in [6.07, 6.45) is 0. The molecular formula is C6H4Na2O2. The van der Waals surface area contributed by atoms with Crippen LogP contribution >= 0.6 is 0 Å². The molecule has 0 fully saturated rings. The SMILES string of the molecule is [Na+].[Na+].[O-]c1cccc([O-])c1. The predicted molar refractivity (Wildman–Crippen MR) is 25.3 cm³/mol. The monoisotopic (exact) mass is 154 g/mol. The van der Waals surface area contributed by atoms with Gasteiger partial charge in [0, 0.05) is 0 Å². The molecule has 2 nitrogen and oxygen atoms in total. The van der Waals surface area contributed by atoms with E-state index in [1.165, 1.54) is 18.2 Å². The molecule has 42 valence electrons. The van der Waals surface area contributed by atoms with E-state index in [-0.39, 0.29) is 70.6 Å². The van der Waals surface area contributed by atoms with Crippen LogP contribution in [0.5, 0.6) is 11.5 Å². The van der Waals surface area contributed by atoms with Crippen molar-refractivity contribution in [1.82, 2.24) is 0 Å². The van der Waals surface area contributed by atoms with Gasteiger partial charge in [-0.3, -0.25) is 0 Å². The minimum Gasteiger partial charge on any atom is -0.872 e. The predicted octanol–water partition coefficient (Wildman–Crippen LogP) is -6.16. The zero-order valence-corrected chi connectivity index (χ0v) is 10.1. The molecule has 0 aliphatic carbocycles. The van der Waals surface area contributed by atoms with E-state index in [4.69, 9.17) is 0 Å². The standard InChI is InChI=1S/C6H6O2.2Na/c7-5-2-1-3-6(8)4-5;;/h1-4,7-8H;;/q;2*+1/p-2. The fourth-order valence-corrected chi connectivity index (χ4v) is 0.474. The normalized spacial score (nSPS) is 7.20. The Morgan fingerprint density at radius 2 is 1.30 bits per heavy atom. The Bertz CT molecular complexity index is 174. The maximum Gasteiger partial charge on any atom is 1.00 e. The molecule has 4 heteroatoms. The third-order valence-corrected chi connectivity index (χ3v) is 0.806. The van der Waals surface area contributed by atoms with E-state index in [0.717, 1.165) is 6.07 Å². The molecule has 10 heavy (non-hydrogen) atoms. The van der Waals surface area contributed by atoms with Crippen LogP contribution in [0.15, 0.2) is 24.3 Å². The van der Waals surface area contributed by atoms with E-state index >= 15 is 0 Å². The molecule has 0 aliphatic heterocycles. The minimum atomic E-state index is -0.225. The Hall–Kier alpha value is 0.820. The van der Waals surface area contributed by atoms with Crippen LogP contribution in [0.4, 0.5) is 0 Å². The van der Waals surface area contributed by atoms with Crippen LogP contribution in [0, 0.1) is 0 Å². The van der Waals surface area contributed by atoms with Crippen molar-refractivity contribution in [2.24, 2.45) is 0 Å². The van der Waals surface area contributed by atoms with Crippen molar-refractivity contribution in [2.45, 2.75) is 0 Å². The Morgan fingerprint density at radius 3 is 1.50 bits per heavy atom. The summed E-state index contributed by atoms with van der Waals surface area (Å²) in [5.41, 5.74) is 0. The van der Waals surface area contributed by atoms with Crippen LogP contribution in [-0.4, -0.2) is 0 Å². The van der Waals surface area contributed by atoms with E-state index in [1.54, 1.807) is 0 Å². The molecular weight excluding hydrogens is 150 g/mol. The summed E-state index contributed by atoms with van der Waals surface area (Å²) in [5.74, 6) is -0.449. The second-order valence-corrected chi connectivity index (χ2v) is 1.47. The van der Waals surface area contributed by atoms with Gasteiger partial charge >= 0.3 is 59.1 Å².